The Kier molecular flexibility index (Phi) is 7.49. The molecule has 0 bridgehead atoms. The first-order valence-corrected chi connectivity index (χ1v) is 12.4. The molecule has 1 unspecified atom stereocenters. The molecule has 3 fully saturated rings. The lowest BCUT2D eigenvalue weighted by Crippen LogP contribution is -2.60. The van der Waals surface area contributed by atoms with Crippen molar-refractivity contribution >= 4 is 23.6 Å². The van der Waals surface area contributed by atoms with E-state index in [-0.39, 0.29) is 23.5 Å². The van der Waals surface area contributed by atoms with Crippen LogP contribution in [-0.2, 0) is 9.59 Å². The first-order valence-electron chi connectivity index (χ1n) is 11.0. The van der Waals surface area contributed by atoms with Gasteiger partial charge in [-0.3, -0.25) is 14.9 Å². The van der Waals surface area contributed by atoms with Gasteiger partial charge in [-0.2, -0.15) is 11.8 Å². The molecule has 2 saturated heterocycles. The number of hydrogen-bond donors (Lipinski definition) is 1. The van der Waals surface area contributed by atoms with Crippen LogP contribution < -0.4 is 5.32 Å². The molecule has 0 aromatic carbocycles. The SMILES string of the molecule is CCCCN1C(=O)C(CCSC)NC12CCN(C(=O)C1CCCCC1)CC2. The van der Waals surface area contributed by atoms with E-state index in [0.717, 1.165) is 70.3 Å². The summed E-state index contributed by atoms with van der Waals surface area (Å²) in [5.41, 5.74) is -0.224. The fraction of sp³-hybridized carbons (Fsp3) is 0.905. The Balaban J connectivity index is 1.63. The van der Waals surface area contributed by atoms with Crippen LogP contribution in [0, 0.1) is 5.92 Å². The number of carbonyl (C=O) groups is 2. The van der Waals surface area contributed by atoms with Crippen molar-refractivity contribution in [2.45, 2.75) is 82.8 Å². The fourth-order valence-electron chi connectivity index (χ4n) is 5.05. The molecule has 154 valence electrons. The zero-order chi connectivity index (χ0) is 19.3. The Morgan fingerprint density at radius 2 is 1.93 bits per heavy atom. The highest BCUT2D eigenvalue weighted by Gasteiger charge is 2.51. The number of thioether (sulfide) groups is 1. The van der Waals surface area contributed by atoms with Crippen LogP contribution in [0.5, 0.6) is 0 Å². The van der Waals surface area contributed by atoms with E-state index in [1.54, 1.807) is 11.8 Å². The lowest BCUT2D eigenvalue weighted by Gasteiger charge is -2.45. The molecule has 2 heterocycles. The normalized spacial score (nSPS) is 26.1. The van der Waals surface area contributed by atoms with Gasteiger partial charge in [-0.25, -0.2) is 0 Å². The van der Waals surface area contributed by atoms with E-state index in [2.05, 4.69) is 28.3 Å². The van der Waals surface area contributed by atoms with Crippen LogP contribution in [0.15, 0.2) is 0 Å². The van der Waals surface area contributed by atoms with Crippen molar-refractivity contribution in [3.05, 3.63) is 0 Å². The molecular formula is C21H37N3O2S. The van der Waals surface area contributed by atoms with Gasteiger partial charge in [-0.15, -0.1) is 0 Å². The molecule has 1 atom stereocenters. The van der Waals surface area contributed by atoms with Gasteiger partial charge in [0.05, 0.1) is 11.7 Å². The number of nitrogens with one attached hydrogen (secondary N) is 1. The molecule has 1 saturated carbocycles. The van der Waals surface area contributed by atoms with Crippen LogP contribution in [0.4, 0.5) is 0 Å². The minimum absolute atomic E-state index is 0.0464. The minimum Gasteiger partial charge on any atom is -0.342 e. The highest BCUT2D eigenvalue weighted by molar-refractivity contribution is 7.98. The van der Waals surface area contributed by atoms with Crippen molar-refractivity contribution in [1.82, 2.24) is 15.1 Å². The summed E-state index contributed by atoms with van der Waals surface area (Å²) in [7, 11) is 0. The van der Waals surface area contributed by atoms with Gasteiger partial charge < -0.3 is 9.80 Å². The highest BCUT2D eigenvalue weighted by atomic mass is 32.2. The second-order valence-electron chi connectivity index (χ2n) is 8.51. The van der Waals surface area contributed by atoms with Crippen molar-refractivity contribution in [2.75, 3.05) is 31.6 Å². The molecule has 1 aliphatic carbocycles. The maximum atomic E-state index is 13.0. The number of nitrogens with zero attached hydrogens (tertiary/aromatic N) is 2. The van der Waals surface area contributed by atoms with Crippen molar-refractivity contribution < 1.29 is 9.59 Å². The Morgan fingerprint density at radius 3 is 2.56 bits per heavy atom. The number of unbranched alkanes of at least 4 members (excludes halogenated alkanes) is 1. The molecule has 2 aliphatic heterocycles. The predicted octanol–water partition coefficient (Wildman–Crippen LogP) is 3.24. The van der Waals surface area contributed by atoms with Gasteiger partial charge in [0.15, 0.2) is 0 Å². The summed E-state index contributed by atoms with van der Waals surface area (Å²) in [6.07, 6.45) is 12.7. The first kappa shape index (κ1) is 21.0. The predicted molar refractivity (Wildman–Crippen MR) is 112 cm³/mol. The van der Waals surface area contributed by atoms with E-state index in [9.17, 15) is 9.59 Å². The fourth-order valence-corrected chi connectivity index (χ4v) is 5.53. The van der Waals surface area contributed by atoms with E-state index in [1.165, 1.54) is 19.3 Å². The second-order valence-corrected chi connectivity index (χ2v) is 9.50. The summed E-state index contributed by atoms with van der Waals surface area (Å²) in [5, 5.41) is 3.71. The number of likely N-dealkylation sites (tertiary alicyclic amines) is 1. The van der Waals surface area contributed by atoms with Crippen LogP contribution >= 0.6 is 11.8 Å². The lowest BCUT2D eigenvalue weighted by atomic mass is 9.87. The molecule has 2 amide bonds. The summed E-state index contributed by atoms with van der Waals surface area (Å²) < 4.78 is 0. The largest absolute Gasteiger partial charge is 0.342 e. The van der Waals surface area contributed by atoms with Gasteiger partial charge in [0.2, 0.25) is 11.8 Å². The van der Waals surface area contributed by atoms with Crippen LogP contribution in [0.3, 0.4) is 0 Å². The Labute approximate surface area is 169 Å². The zero-order valence-electron chi connectivity index (χ0n) is 17.2. The van der Waals surface area contributed by atoms with Gasteiger partial charge in [0.1, 0.15) is 0 Å². The van der Waals surface area contributed by atoms with Crippen molar-refractivity contribution in [3.63, 3.8) is 0 Å². The summed E-state index contributed by atoms with van der Waals surface area (Å²) in [6, 6.07) is -0.0464. The highest BCUT2D eigenvalue weighted by Crippen LogP contribution is 2.35. The molecule has 0 radical (unpaired) electrons. The smallest absolute Gasteiger partial charge is 0.241 e. The number of amides is 2. The standard InChI is InChI=1S/C21H37N3O2S/c1-3-4-13-24-20(26)18(10-16-27-2)22-21(24)11-14-23(15-12-21)19(25)17-8-6-5-7-9-17/h17-18,22H,3-16H2,1-2H3. The van der Waals surface area contributed by atoms with E-state index < -0.39 is 0 Å². The van der Waals surface area contributed by atoms with Crippen molar-refractivity contribution in [2.24, 2.45) is 5.92 Å². The molecule has 6 heteroatoms. The number of rotatable bonds is 7. The Morgan fingerprint density at radius 1 is 1.22 bits per heavy atom. The molecule has 0 aromatic rings. The van der Waals surface area contributed by atoms with Crippen LogP contribution in [0.25, 0.3) is 0 Å². The molecule has 1 spiro atoms. The summed E-state index contributed by atoms with van der Waals surface area (Å²) in [5.74, 6) is 1.90. The Hall–Kier alpha value is -0.750. The summed E-state index contributed by atoms with van der Waals surface area (Å²) in [4.78, 5) is 30.1. The van der Waals surface area contributed by atoms with Gasteiger partial charge in [-0.05, 0) is 37.7 Å². The van der Waals surface area contributed by atoms with Gasteiger partial charge in [0.25, 0.3) is 0 Å². The van der Waals surface area contributed by atoms with Crippen LogP contribution in [0.2, 0.25) is 0 Å². The third-order valence-electron chi connectivity index (χ3n) is 6.73. The third kappa shape index (κ3) is 4.64. The first-order chi connectivity index (χ1) is 13.1. The third-order valence-corrected chi connectivity index (χ3v) is 7.37. The molecule has 5 nitrogen and oxygen atoms in total. The monoisotopic (exact) mass is 395 g/mol. The topological polar surface area (TPSA) is 52.7 Å². The molecule has 0 aromatic heterocycles. The van der Waals surface area contributed by atoms with Crippen LogP contribution in [-0.4, -0.2) is 65.0 Å². The number of piperidine rings is 1. The van der Waals surface area contributed by atoms with Crippen molar-refractivity contribution in [1.29, 1.82) is 0 Å². The number of carbonyl (C=O) groups excluding carboxylic acids is 2. The zero-order valence-corrected chi connectivity index (χ0v) is 18.0. The second kappa shape index (κ2) is 9.64. The maximum absolute atomic E-state index is 13.0. The average Bonchev–Trinajstić information content (AvgIpc) is 2.96. The van der Waals surface area contributed by atoms with Gasteiger partial charge in [-0.1, -0.05) is 32.6 Å². The maximum Gasteiger partial charge on any atom is 0.241 e. The van der Waals surface area contributed by atoms with E-state index in [0.29, 0.717) is 5.91 Å². The molecule has 3 rings (SSSR count). The van der Waals surface area contributed by atoms with E-state index in [4.69, 9.17) is 0 Å². The summed E-state index contributed by atoms with van der Waals surface area (Å²) in [6.45, 7) is 4.59. The quantitative estimate of drug-likeness (QED) is 0.719. The minimum atomic E-state index is -0.224. The van der Waals surface area contributed by atoms with E-state index >= 15 is 0 Å². The van der Waals surface area contributed by atoms with Gasteiger partial charge in [0, 0.05) is 38.4 Å². The van der Waals surface area contributed by atoms with Gasteiger partial charge >= 0.3 is 0 Å². The average molecular weight is 396 g/mol. The van der Waals surface area contributed by atoms with Crippen LogP contribution in [0.1, 0.15) is 71.1 Å². The molecule has 1 N–H and O–H groups in total. The Bertz CT molecular complexity index is 514. The summed E-state index contributed by atoms with van der Waals surface area (Å²) >= 11 is 1.80. The molecular weight excluding hydrogens is 358 g/mol. The van der Waals surface area contributed by atoms with E-state index in [1.807, 2.05) is 0 Å². The van der Waals surface area contributed by atoms with Crippen molar-refractivity contribution in [3.8, 4) is 0 Å². The molecule has 27 heavy (non-hydrogen) atoms. The number of hydrogen-bond acceptors (Lipinski definition) is 4. The molecule has 3 aliphatic rings. The lowest BCUT2D eigenvalue weighted by molar-refractivity contribution is -0.141.